The van der Waals surface area contributed by atoms with Gasteiger partial charge in [-0.15, -0.1) is 0 Å². The number of furan rings is 1. The van der Waals surface area contributed by atoms with Gasteiger partial charge in [0.25, 0.3) is 5.91 Å². The molecule has 2 aromatic rings. The molecule has 5 nitrogen and oxygen atoms in total. The second-order valence-corrected chi connectivity index (χ2v) is 5.63. The van der Waals surface area contributed by atoms with Gasteiger partial charge in [0.15, 0.2) is 5.76 Å². The Bertz CT molecular complexity index is 710. The van der Waals surface area contributed by atoms with Crippen molar-refractivity contribution in [2.24, 2.45) is 0 Å². The van der Waals surface area contributed by atoms with Crippen molar-refractivity contribution >= 4 is 11.8 Å². The highest BCUT2D eigenvalue weighted by Crippen LogP contribution is 2.29. The lowest BCUT2D eigenvalue weighted by Gasteiger charge is -2.08. The number of hydrogen-bond acceptors (Lipinski definition) is 3. The number of nitrogens with one attached hydrogen (secondary N) is 2. The number of amides is 2. The summed E-state index contributed by atoms with van der Waals surface area (Å²) in [5.74, 6) is -0.298. The Morgan fingerprint density at radius 3 is 2.35 bits per heavy atom. The zero-order valence-corrected chi connectivity index (χ0v) is 13.9. The van der Waals surface area contributed by atoms with Crippen LogP contribution >= 0.6 is 0 Å². The van der Waals surface area contributed by atoms with E-state index in [1.54, 1.807) is 12.1 Å². The Balaban J connectivity index is 1.59. The molecule has 26 heavy (non-hydrogen) atoms. The van der Waals surface area contributed by atoms with Gasteiger partial charge >= 0.3 is 6.18 Å². The van der Waals surface area contributed by atoms with Crippen molar-refractivity contribution in [3.63, 3.8) is 0 Å². The van der Waals surface area contributed by atoms with Gasteiger partial charge in [0, 0.05) is 19.5 Å². The highest BCUT2D eigenvalue weighted by Gasteiger charge is 2.29. The van der Waals surface area contributed by atoms with Crippen molar-refractivity contribution in [3.8, 4) is 0 Å². The number of carbonyl (C=O) groups is 2. The Morgan fingerprint density at radius 2 is 1.73 bits per heavy atom. The van der Waals surface area contributed by atoms with Crippen molar-refractivity contribution in [1.29, 1.82) is 0 Å². The molecule has 2 rings (SSSR count). The minimum absolute atomic E-state index is 0.177. The van der Waals surface area contributed by atoms with Crippen LogP contribution in [0, 0.1) is 0 Å². The summed E-state index contributed by atoms with van der Waals surface area (Å²) in [6.45, 7) is 0.675. The number of alkyl halides is 3. The molecule has 0 aliphatic heterocycles. The molecule has 0 saturated heterocycles. The molecule has 0 unspecified atom stereocenters. The molecule has 1 heterocycles. The monoisotopic (exact) mass is 368 g/mol. The summed E-state index contributed by atoms with van der Waals surface area (Å²) in [4.78, 5) is 23.3. The largest absolute Gasteiger partial charge is 0.459 e. The van der Waals surface area contributed by atoms with Crippen molar-refractivity contribution < 1.29 is 27.2 Å². The van der Waals surface area contributed by atoms with Crippen LogP contribution in [-0.4, -0.2) is 24.9 Å². The number of halogens is 3. The van der Waals surface area contributed by atoms with Crippen molar-refractivity contribution in [3.05, 3.63) is 59.5 Å². The van der Waals surface area contributed by atoms with E-state index in [0.29, 0.717) is 31.5 Å². The van der Waals surface area contributed by atoms with Crippen molar-refractivity contribution in [1.82, 2.24) is 10.6 Å². The number of carbonyl (C=O) groups excluding carboxylic acids is 2. The van der Waals surface area contributed by atoms with Crippen LogP contribution in [0.4, 0.5) is 13.2 Å². The van der Waals surface area contributed by atoms with Crippen LogP contribution in [0.2, 0.25) is 0 Å². The summed E-state index contributed by atoms with van der Waals surface area (Å²) in [5.41, 5.74) is 0.0193. The van der Waals surface area contributed by atoms with E-state index in [4.69, 9.17) is 4.42 Å². The lowest BCUT2D eigenvalue weighted by atomic mass is 10.1. The summed E-state index contributed by atoms with van der Waals surface area (Å²) in [7, 11) is 0. The maximum Gasteiger partial charge on any atom is 0.416 e. The molecule has 0 aliphatic rings. The maximum absolute atomic E-state index is 12.5. The highest BCUT2D eigenvalue weighted by atomic mass is 19.4. The molecule has 2 amide bonds. The minimum Gasteiger partial charge on any atom is -0.459 e. The van der Waals surface area contributed by atoms with E-state index >= 15 is 0 Å². The first-order chi connectivity index (χ1) is 12.4. The highest BCUT2D eigenvalue weighted by molar-refractivity contribution is 5.91. The van der Waals surface area contributed by atoms with E-state index < -0.39 is 11.7 Å². The molecular weight excluding hydrogens is 349 g/mol. The SMILES string of the molecule is O=C(CCCNC(=O)c1ccco1)NCCc1ccc(C(F)(F)F)cc1. The summed E-state index contributed by atoms with van der Waals surface area (Å²) in [5, 5.41) is 5.33. The van der Waals surface area contributed by atoms with E-state index in [0.717, 1.165) is 12.1 Å². The topological polar surface area (TPSA) is 71.3 Å². The molecule has 1 aromatic carbocycles. The van der Waals surface area contributed by atoms with Crippen LogP contribution in [0.5, 0.6) is 0 Å². The van der Waals surface area contributed by atoms with Crippen LogP contribution in [0.25, 0.3) is 0 Å². The Kier molecular flexibility index (Phi) is 6.82. The molecule has 0 bridgehead atoms. The van der Waals surface area contributed by atoms with Gasteiger partial charge in [-0.1, -0.05) is 12.1 Å². The first-order valence-corrected chi connectivity index (χ1v) is 8.11. The fraction of sp³-hybridized carbons (Fsp3) is 0.333. The summed E-state index contributed by atoms with van der Waals surface area (Å²) in [6.07, 6.45) is -1.79. The molecule has 0 saturated carbocycles. The molecule has 0 radical (unpaired) electrons. The van der Waals surface area contributed by atoms with E-state index in [1.165, 1.54) is 18.4 Å². The second-order valence-electron chi connectivity index (χ2n) is 5.63. The molecule has 0 fully saturated rings. The molecule has 0 atom stereocenters. The van der Waals surface area contributed by atoms with Gasteiger partial charge in [0.2, 0.25) is 5.91 Å². The molecule has 140 valence electrons. The number of benzene rings is 1. The van der Waals surface area contributed by atoms with Crippen LogP contribution in [-0.2, 0) is 17.4 Å². The predicted octanol–water partition coefficient (Wildman–Crippen LogP) is 3.17. The third-order valence-electron chi connectivity index (χ3n) is 3.63. The summed E-state index contributed by atoms with van der Waals surface area (Å²) in [6, 6.07) is 8.01. The maximum atomic E-state index is 12.5. The molecule has 2 N–H and O–H groups in total. The average Bonchev–Trinajstić information content (AvgIpc) is 3.13. The molecule has 8 heteroatoms. The van der Waals surface area contributed by atoms with Gasteiger partial charge < -0.3 is 15.1 Å². The van der Waals surface area contributed by atoms with Crippen molar-refractivity contribution in [2.45, 2.75) is 25.4 Å². The zero-order valence-electron chi connectivity index (χ0n) is 13.9. The standard InChI is InChI=1S/C18H19F3N2O3/c19-18(20,21)14-7-5-13(6-8-14)9-11-22-16(24)4-1-10-23-17(25)15-3-2-12-26-15/h2-3,5-8,12H,1,4,9-11H2,(H,22,24)(H,23,25). The van der Waals surface area contributed by atoms with Crippen LogP contribution in [0.3, 0.4) is 0 Å². The van der Waals surface area contributed by atoms with Crippen molar-refractivity contribution in [2.75, 3.05) is 13.1 Å². The summed E-state index contributed by atoms with van der Waals surface area (Å²) >= 11 is 0. The Hall–Kier alpha value is -2.77. The lowest BCUT2D eigenvalue weighted by molar-refractivity contribution is -0.137. The van der Waals surface area contributed by atoms with E-state index in [1.807, 2.05) is 0 Å². The van der Waals surface area contributed by atoms with Crippen LogP contribution in [0.15, 0.2) is 47.1 Å². The normalized spacial score (nSPS) is 11.2. The Labute approximate surface area is 148 Å². The van der Waals surface area contributed by atoms with Gasteiger partial charge in [-0.25, -0.2) is 0 Å². The molecular formula is C18H19F3N2O3. The van der Waals surface area contributed by atoms with Gasteiger partial charge in [-0.2, -0.15) is 13.2 Å². The fourth-order valence-corrected chi connectivity index (χ4v) is 2.24. The van der Waals surface area contributed by atoms with E-state index in [9.17, 15) is 22.8 Å². The first-order valence-electron chi connectivity index (χ1n) is 8.11. The van der Waals surface area contributed by atoms with Gasteiger partial charge in [0.05, 0.1) is 11.8 Å². The van der Waals surface area contributed by atoms with E-state index in [2.05, 4.69) is 10.6 Å². The average molecular weight is 368 g/mol. The molecule has 0 aliphatic carbocycles. The smallest absolute Gasteiger partial charge is 0.416 e. The fourth-order valence-electron chi connectivity index (χ4n) is 2.24. The van der Waals surface area contributed by atoms with Crippen LogP contribution in [0.1, 0.15) is 34.5 Å². The second kappa shape index (κ2) is 9.07. The first kappa shape index (κ1) is 19.6. The number of hydrogen-bond donors (Lipinski definition) is 2. The Morgan fingerprint density at radius 1 is 1.00 bits per heavy atom. The van der Waals surface area contributed by atoms with Gasteiger partial charge in [-0.05, 0) is 42.7 Å². The third-order valence-corrected chi connectivity index (χ3v) is 3.63. The van der Waals surface area contributed by atoms with Crippen LogP contribution < -0.4 is 10.6 Å². The minimum atomic E-state index is -4.35. The third kappa shape index (κ3) is 6.27. The zero-order chi connectivity index (χ0) is 19.0. The molecule has 0 spiro atoms. The van der Waals surface area contributed by atoms with Gasteiger partial charge in [0.1, 0.15) is 0 Å². The number of rotatable bonds is 8. The molecule has 1 aromatic heterocycles. The quantitative estimate of drug-likeness (QED) is 0.703. The van der Waals surface area contributed by atoms with Gasteiger partial charge in [-0.3, -0.25) is 9.59 Å². The van der Waals surface area contributed by atoms with E-state index in [-0.39, 0.29) is 24.0 Å². The summed E-state index contributed by atoms with van der Waals surface area (Å²) < 4.78 is 42.3. The predicted molar refractivity (Wildman–Crippen MR) is 88.4 cm³/mol. The lowest BCUT2D eigenvalue weighted by Crippen LogP contribution is -2.28.